The number of nitrogens with zero attached hydrogens (tertiary/aromatic N) is 2. The summed E-state index contributed by atoms with van der Waals surface area (Å²) in [4.78, 5) is 26.7. The van der Waals surface area contributed by atoms with Gasteiger partial charge < -0.3 is 20.4 Å². The molecule has 0 aromatic heterocycles. The van der Waals surface area contributed by atoms with Gasteiger partial charge in [0, 0.05) is 33.7 Å². The van der Waals surface area contributed by atoms with Crippen molar-refractivity contribution in [3.8, 4) is 0 Å². The second kappa shape index (κ2) is 7.20. The molecule has 6 nitrogen and oxygen atoms in total. The van der Waals surface area contributed by atoms with Crippen molar-refractivity contribution in [2.75, 3.05) is 40.3 Å². The molecular formula is C12H24N4O2. The average molecular weight is 256 g/mol. The third-order valence-corrected chi connectivity index (χ3v) is 3.05. The predicted octanol–water partition coefficient (Wildman–Crippen LogP) is -0.142. The zero-order chi connectivity index (χ0) is 13.5. The number of nitrogens with one attached hydrogen (secondary N) is 2. The van der Waals surface area contributed by atoms with Crippen LogP contribution in [-0.2, 0) is 4.79 Å². The first-order valence-electron chi connectivity index (χ1n) is 6.53. The third kappa shape index (κ3) is 4.18. The lowest BCUT2D eigenvalue weighted by Gasteiger charge is -2.32. The van der Waals surface area contributed by atoms with Crippen LogP contribution in [0.4, 0.5) is 4.79 Å². The molecule has 0 radical (unpaired) electrons. The summed E-state index contributed by atoms with van der Waals surface area (Å²) in [5.74, 6) is 0.155. The monoisotopic (exact) mass is 256 g/mol. The van der Waals surface area contributed by atoms with Gasteiger partial charge in [0.2, 0.25) is 5.91 Å². The fourth-order valence-electron chi connectivity index (χ4n) is 2.05. The highest BCUT2D eigenvalue weighted by molar-refractivity contribution is 5.82. The maximum atomic E-state index is 12.1. The minimum atomic E-state index is -0.123. The molecule has 104 valence electrons. The fraction of sp³-hybridized carbons (Fsp3) is 0.833. The number of carbonyl (C=O) groups excluding carboxylic acids is 2. The highest BCUT2D eigenvalue weighted by Crippen LogP contribution is 2.10. The molecule has 0 spiro atoms. The lowest BCUT2D eigenvalue weighted by atomic mass is 10.0. The van der Waals surface area contributed by atoms with Gasteiger partial charge in [-0.25, -0.2) is 4.79 Å². The highest BCUT2D eigenvalue weighted by atomic mass is 16.2. The zero-order valence-electron chi connectivity index (χ0n) is 11.5. The van der Waals surface area contributed by atoms with Crippen LogP contribution in [0, 0.1) is 0 Å². The van der Waals surface area contributed by atoms with Gasteiger partial charge in [0.05, 0.1) is 6.04 Å². The molecule has 1 rings (SSSR count). The van der Waals surface area contributed by atoms with Gasteiger partial charge in [-0.15, -0.1) is 0 Å². The number of hydrogen-bond donors (Lipinski definition) is 2. The molecule has 1 heterocycles. The van der Waals surface area contributed by atoms with Crippen molar-refractivity contribution in [2.45, 2.75) is 25.8 Å². The molecule has 1 atom stereocenters. The molecule has 1 unspecified atom stereocenters. The summed E-state index contributed by atoms with van der Waals surface area (Å²) in [5, 5.41) is 5.96. The molecule has 1 aliphatic heterocycles. The minimum Gasteiger partial charge on any atom is -0.340 e. The largest absolute Gasteiger partial charge is 0.340 e. The molecule has 18 heavy (non-hydrogen) atoms. The Kier molecular flexibility index (Phi) is 5.91. The van der Waals surface area contributed by atoms with Crippen LogP contribution in [0.5, 0.6) is 0 Å². The summed E-state index contributed by atoms with van der Waals surface area (Å²) in [6, 6.07) is -0.170. The number of piperidine rings is 1. The van der Waals surface area contributed by atoms with Crippen LogP contribution in [0.25, 0.3) is 0 Å². The van der Waals surface area contributed by atoms with E-state index in [0.29, 0.717) is 13.1 Å². The molecular weight excluding hydrogens is 232 g/mol. The van der Waals surface area contributed by atoms with Crippen LogP contribution in [0.15, 0.2) is 0 Å². The van der Waals surface area contributed by atoms with Gasteiger partial charge >= 0.3 is 6.03 Å². The van der Waals surface area contributed by atoms with E-state index in [4.69, 9.17) is 0 Å². The Morgan fingerprint density at radius 2 is 2.22 bits per heavy atom. The number of carbonyl (C=O) groups is 2. The summed E-state index contributed by atoms with van der Waals surface area (Å²) in [6.07, 6.45) is 1.93. The Morgan fingerprint density at radius 3 is 2.83 bits per heavy atom. The number of likely N-dealkylation sites (N-methyl/N-ethyl adjacent to an activating group) is 1. The van der Waals surface area contributed by atoms with E-state index in [9.17, 15) is 9.59 Å². The maximum Gasteiger partial charge on any atom is 0.316 e. The summed E-state index contributed by atoms with van der Waals surface area (Å²) < 4.78 is 0. The first-order valence-corrected chi connectivity index (χ1v) is 6.53. The lowest BCUT2D eigenvalue weighted by molar-refractivity contribution is -0.135. The van der Waals surface area contributed by atoms with Crippen molar-refractivity contribution in [1.82, 2.24) is 20.4 Å². The molecule has 0 aliphatic carbocycles. The van der Waals surface area contributed by atoms with E-state index >= 15 is 0 Å². The van der Waals surface area contributed by atoms with Gasteiger partial charge in [-0.05, 0) is 19.4 Å². The van der Waals surface area contributed by atoms with Crippen molar-refractivity contribution in [1.29, 1.82) is 0 Å². The van der Waals surface area contributed by atoms with E-state index in [0.717, 1.165) is 25.9 Å². The first-order chi connectivity index (χ1) is 8.56. The molecule has 6 heteroatoms. The fourth-order valence-corrected chi connectivity index (χ4v) is 2.05. The molecule has 0 aromatic carbocycles. The molecule has 1 saturated heterocycles. The van der Waals surface area contributed by atoms with Gasteiger partial charge in [-0.1, -0.05) is 6.92 Å². The molecule has 0 bridgehead atoms. The average Bonchev–Trinajstić information content (AvgIpc) is 2.33. The molecule has 1 fully saturated rings. The molecule has 3 amide bonds. The van der Waals surface area contributed by atoms with Gasteiger partial charge in [0.1, 0.15) is 0 Å². The van der Waals surface area contributed by atoms with Gasteiger partial charge in [-0.3, -0.25) is 4.79 Å². The van der Waals surface area contributed by atoms with E-state index in [1.165, 1.54) is 4.90 Å². The Hall–Kier alpha value is -1.30. The van der Waals surface area contributed by atoms with Gasteiger partial charge in [0.15, 0.2) is 0 Å². The van der Waals surface area contributed by atoms with Crippen molar-refractivity contribution in [2.24, 2.45) is 0 Å². The molecule has 2 N–H and O–H groups in total. The van der Waals surface area contributed by atoms with E-state index < -0.39 is 0 Å². The number of likely N-dealkylation sites (tertiary alicyclic amines) is 1. The SMILES string of the molecule is CCNC1CCCN(CCNC(=O)N(C)C)C1=O. The first kappa shape index (κ1) is 14.8. The standard InChI is InChI=1S/C12H24N4O2/c1-4-13-10-6-5-8-16(11(10)17)9-7-14-12(18)15(2)3/h10,13H,4-9H2,1-3H3,(H,14,18). The van der Waals surface area contributed by atoms with E-state index in [2.05, 4.69) is 10.6 Å². The Balaban J connectivity index is 2.33. The third-order valence-electron chi connectivity index (χ3n) is 3.05. The van der Waals surface area contributed by atoms with Crippen molar-refractivity contribution >= 4 is 11.9 Å². The van der Waals surface area contributed by atoms with Crippen molar-refractivity contribution in [3.63, 3.8) is 0 Å². The maximum absolute atomic E-state index is 12.1. The number of rotatable bonds is 5. The summed E-state index contributed by atoms with van der Waals surface area (Å²) in [7, 11) is 3.39. The Morgan fingerprint density at radius 1 is 1.50 bits per heavy atom. The molecule has 0 aromatic rings. The lowest BCUT2D eigenvalue weighted by Crippen LogP contribution is -2.52. The topological polar surface area (TPSA) is 64.7 Å². The number of urea groups is 1. The zero-order valence-corrected chi connectivity index (χ0v) is 11.5. The van der Waals surface area contributed by atoms with Crippen LogP contribution < -0.4 is 10.6 Å². The van der Waals surface area contributed by atoms with Crippen molar-refractivity contribution in [3.05, 3.63) is 0 Å². The van der Waals surface area contributed by atoms with Crippen LogP contribution in [0.3, 0.4) is 0 Å². The van der Waals surface area contributed by atoms with Crippen LogP contribution >= 0.6 is 0 Å². The summed E-state index contributed by atoms with van der Waals surface area (Å²) in [5.41, 5.74) is 0. The molecule has 0 saturated carbocycles. The van der Waals surface area contributed by atoms with E-state index in [-0.39, 0.29) is 18.0 Å². The molecule has 1 aliphatic rings. The minimum absolute atomic E-state index is 0.0479. The van der Waals surface area contributed by atoms with Crippen LogP contribution in [0.1, 0.15) is 19.8 Å². The van der Waals surface area contributed by atoms with E-state index in [1.807, 2.05) is 11.8 Å². The van der Waals surface area contributed by atoms with Crippen LogP contribution in [-0.4, -0.2) is 68.1 Å². The second-order valence-electron chi connectivity index (χ2n) is 4.70. The summed E-state index contributed by atoms with van der Waals surface area (Å²) in [6.45, 7) is 4.69. The van der Waals surface area contributed by atoms with E-state index in [1.54, 1.807) is 14.1 Å². The number of hydrogen-bond acceptors (Lipinski definition) is 3. The number of amides is 3. The Bertz CT molecular complexity index is 292. The van der Waals surface area contributed by atoms with Crippen molar-refractivity contribution < 1.29 is 9.59 Å². The second-order valence-corrected chi connectivity index (χ2v) is 4.70. The normalized spacial score (nSPS) is 19.8. The quantitative estimate of drug-likeness (QED) is 0.719. The van der Waals surface area contributed by atoms with Gasteiger partial charge in [-0.2, -0.15) is 0 Å². The summed E-state index contributed by atoms with van der Waals surface area (Å²) >= 11 is 0. The van der Waals surface area contributed by atoms with Crippen LogP contribution in [0.2, 0.25) is 0 Å². The highest BCUT2D eigenvalue weighted by Gasteiger charge is 2.27. The smallest absolute Gasteiger partial charge is 0.316 e. The van der Waals surface area contributed by atoms with Gasteiger partial charge in [0.25, 0.3) is 0 Å². The predicted molar refractivity (Wildman–Crippen MR) is 70.4 cm³/mol. The Labute approximate surface area is 109 Å².